The van der Waals surface area contributed by atoms with Crippen molar-refractivity contribution in [2.75, 3.05) is 38.5 Å². The SMILES string of the molecule is CCN1CCN(Cc2cc(C)cc(C=Nn3cc(C)nc3N)c2C)CC1. The minimum atomic E-state index is 0.415. The molecule has 1 aliphatic heterocycles. The van der Waals surface area contributed by atoms with Crippen LogP contribution in [-0.2, 0) is 6.54 Å². The fourth-order valence-electron chi connectivity index (χ4n) is 3.49. The van der Waals surface area contributed by atoms with Gasteiger partial charge in [-0.15, -0.1) is 0 Å². The number of rotatable bonds is 5. The van der Waals surface area contributed by atoms with Gasteiger partial charge in [-0.3, -0.25) is 4.90 Å². The molecular formula is C20H30N6. The zero-order valence-electron chi connectivity index (χ0n) is 16.4. The lowest BCUT2D eigenvalue weighted by molar-refractivity contribution is 0.132. The molecule has 6 nitrogen and oxygen atoms in total. The number of nitrogens with two attached hydrogens (primary N) is 1. The van der Waals surface area contributed by atoms with E-state index in [1.807, 2.05) is 19.3 Å². The number of anilines is 1. The second-order valence-electron chi connectivity index (χ2n) is 7.18. The summed E-state index contributed by atoms with van der Waals surface area (Å²) >= 11 is 0. The van der Waals surface area contributed by atoms with E-state index in [9.17, 15) is 0 Å². The van der Waals surface area contributed by atoms with Crippen LogP contribution in [0.4, 0.5) is 5.95 Å². The normalized spacial score (nSPS) is 16.6. The minimum absolute atomic E-state index is 0.415. The van der Waals surface area contributed by atoms with Crippen LogP contribution >= 0.6 is 0 Å². The van der Waals surface area contributed by atoms with E-state index in [4.69, 9.17) is 5.73 Å². The number of likely N-dealkylation sites (N-methyl/N-ethyl adjacent to an activating group) is 1. The molecule has 0 aliphatic carbocycles. The van der Waals surface area contributed by atoms with Crippen LogP contribution in [0.15, 0.2) is 23.4 Å². The fraction of sp³-hybridized carbons (Fsp3) is 0.500. The van der Waals surface area contributed by atoms with E-state index in [-0.39, 0.29) is 0 Å². The molecule has 3 rings (SSSR count). The van der Waals surface area contributed by atoms with Crippen molar-refractivity contribution in [2.24, 2.45) is 5.10 Å². The zero-order valence-corrected chi connectivity index (χ0v) is 16.4. The summed E-state index contributed by atoms with van der Waals surface area (Å²) in [6.45, 7) is 15.2. The van der Waals surface area contributed by atoms with Crippen molar-refractivity contribution >= 4 is 12.2 Å². The van der Waals surface area contributed by atoms with Gasteiger partial charge in [0.25, 0.3) is 0 Å². The highest BCUT2D eigenvalue weighted by Gasteiger charge is 2.17. The van der Waals surface area contributed by atoms with Gasteiger partial charge >= 0.3 is 0 Å². The van der Waals surface area contributed by atoms with Crippen LogP contribution in [0.3, 0.4) is 0 Å². The lowest BCUT2D eigenvalue weighted by Gasteiger charge is -2.34. The molecule has 26 heavy (non-hydrogen) atoms. The summed E-state index contributed by atoms with van der Waals surface area (Å²) in [6, 6.07) is 4.48. The zero-order chi connectivity index (χ0) is 18.7. The van der Waals surface area contributed by atoms with Crippen molar-refractivity contribution in [2.45, 2.75) is 34.2 Å². The molecule has 1 saturated heterocycles. The van der Waals surface area contributed by atoms with Crippen LogP contribution in [-0.4, -0.2) is 58.4 Å². The van der Waals surface area contributed by atoms with E-state index >= 15 is 0 Å². The molecular weight excluding hydrogens is 324 g/mol. The molecule has 0 atom stereocenters. The smallest absolute Gasteiger partial charge is 0.221 e. The highest BCUT2D eigenvalue weighted by molar-refractivity contribution is 5.82. The Hall–Kier alpha value is -2.18. The lowest BCUT2D eigenvalue weighted by atomic mass is 9.99. The number of nitrogens with zero attached hydrogens (tertiary/aromatic N) is 5. The quantitative estimate of drug-likeness (QED) is 0.838. The van der Waals surface area contributed by atoms with Crippen LogP contribution in [0, 0.1) is 20.8 Å². The Balaban J connectivity index is 1.77. The van der Waals surface area contributed by atoms with Gasteiger partial charge in [-0.1, -0.05) is 24.6 Å². The van der Waals surface area contributed by atoms with Crippen LogP contribution in [0.1, 0.15) is 34.9 Å². The number of hydrogen-bond acceptors (Lipinski definition) is 5. The van der Waals surface area contributed by atoms with Crippen LogP contribution in [0.25, 0.3) is 0 Å². The lowest BCUT2D eigenvalue weighted by Crippen LogP contribution is -2.45. The number of benzene rings is 1. The average molecular weight is 355 g/mol. The van der Waals surface area contributed by atoms with Crippen LogP contribution in [0.2, 0.25) is 0 Å². The van der Waals surface area contributed by atoms with E-state index < -0.39 is 0 Å². The van der Waals surface area contributed by atoms with E-state index in [2.05, 4.69) is 52.8 Å². The Morgan fingerprint density at radius 2 is 1.81 bits per heavy atom. The van der Waals surface area contributed by atoms with Crippen molar-refractivity contribution in [3.63, 3.8) is 0 Å². The Morgan fingerprint density at radius 3 is 2.42 bits per heavy atom. The van der Waals surface area contributed by atoms with Crippen molar-refractivity contribution in [1.82, 2.24) is 19.5 Å². The van der Waals surface area contributed by atoms with Crippen molar-refractivity contribution in [3.8, 4) is 0 Å². The third-order valence-electron chi connectivity index (χ3n) is 5.16. The Bertz CT molecular complexity index is 784. The Labute approximate surface area is 156 Å². The maximum atomic E-state index is 5.88. The standard InChI is InChI=1S/C20H30N6/c1-5-24-6-8-25(9-7-24)14-19-11-15(2)10-18(17(19)4)12-22-26-13-16(3)23-20(26)21/h10-13H,5-9,14H2,1-4H3,(H2,21,23). The molecule has 2 heterocycles. The van der Waals surface area contributed by atoms with Crippen molar-refractivity contribution < 1.29 is 0 Å². The molecule has 2 aromatic rings. The summed E-state index contributed by atoms with van der Waals surface area (Å²) in [5.74, 6) is 0.415. The first kappa shape index (κ1) is 18.6. The molecule has 1 fully saturated rings. The molecule has 1 aliphatic rings. The first-order chi connectivity index (χ1) is 12.5. The summed E-state index contributed by atoms with van der Waals surface area (Å²) in [4.78, 5) is 9.24. The van der Waals surface area contributed by atoms with E-state index in [1.165, 1.54) is 16.7 Å². The number of piperazine rings is 1. The number of aryl methyl sites for hydroxylation is 2. The molecule has 0 bridgehead atoms. The van der Waals surface area contributed by atoms with E-state index in [0.717, 1.165) is 50.5 Å². The maximum absolute atomic E-state index is 5.88. The molecule has 6 heteroatoms. The van der Waals surface area contributed by atoms with Gasteiger partial charge in [0.05, 0.1) is 18.1 Å². The molecule has 1 aromatic heterocycles. The maximum Gasteiger partial charge on any atom is 0.221 e. The van der Waals surface area contributed by atoms with Crippen molar-refractivity contribution in [1.29, 1.82) is 0 Å². The first-order valence-corrected chi connectivity index (χ1v) is 9.37. The third kappa shape index (κ3) is 4.31. The van der Waals surface area contributed by atoms with Gasteiger partial charge in [-0.2, -0.15) is 5.10 Å². The summed E-state index contributed by atoms with van der Waals surface area (Å²) in [5, 5.41) is 4.49. The molecule has 0 amide bonds. The number of nitrogen functional groups attached to an aromatic ring is 1. The summed E-state index contributed by atoms with van der Waals surface area (Å²) in [7, 11) is 0. The number of aromatic nitrogens is 2. The highest BCUT2D eigenvalue weighted by atomic mass is 15.4. The molecule has 1 aromatic carbocycles. The highest BCUT2D eigenvalue weighted by Crippen LogP contribution is 2.19. The molecule has 0 unspecified atom stereocenters. The Morgan fingerprint density at radius 1 is 1.12 bits per heavy atom. The van der Waals surface area contributed by atoms with Gasteiger partial charge in [-0.25, -0.2) is 9.66 Å². The van der Waals surface area contributed by atoms with Gasteiger partial charge in [0.15, 0.2) is 0 Å². The third-order valence-corrected chi connectivity index (χ3v) is 5.16. The van der Waals surface area contributed by atoms with Gasteiger partial charge in [0, 0.05) is 32.7 Å². The van der Waals surface area contributed by atoms with Gasteiger partial charge in [0.2, 0.25) is 5.95 Å². The second kappa shape index (κ2) is 8.01. The topological polar surface area (TPSA) is 62.7 Å². The molecule has 0 radical (unpaired) electrons. The second-order valence-corrected chi connectivity index (χ2v) is 7.18. The molecule has 0 saturated carbocycles. The monoisotopic (exact) mass is 354 g/mol. The average Bonchev–Trinajstić information content (AvgIpc) is 2.94. The van der Waals surface area contributed by atoms with Gasteiger partial charge < -0.3 is 10.6 Å². The first-order valence-electron chi connectivity index (χ1n) is 9.37. The van der Waals surface area contributed by atoms with Crippen LogP contribution in [0.5, 0.6) is 0 Å². The molecule has 140 valence electrons. The van der Waals surface area contributed by atoms with Crippen LogP contribution < -0.4 is 5.73 Å². The number of hydrogen-bond donors (Lipinski definition) is 1. The van der Waals surface area contributed by atoms with E-state index in [1.54, 1.807) is 4.68 Å². The summed E-state index contributed by atoms with van der Waals surface area (Å²) in [6.07, 6.45) is 3.73. The summed E-state index contributed by atoms with van der Waals surface area (Å²) in [5.41, 5.74) is 11.8. The summed E-state index contributed by atoms with van der Waals surface area (Å²) < 4.78 is 1.63. The van der Waals surface area contributed by atoms with Gasteiger partial charge in [-0.05, 0) is 44.0 Å². The van der Waals surface area contributed by atoms with Crippen molar-refractivity contribution in [3.05, 3.63) is 46.3 Å². The molecule has 0 spiro atoms. The van der Waals surface area contributed by atoms with E-state index in [0.29, 0.717) is 5.95 Å². The number of imidazole rings is 1. The minimum Gasteiger partial charge on any atom is -0.368 e. The predicted molar refractivity (Wildman–Crippen MR) is 108 cm³/mol. The Kier molecular flexibility index (Phi) is 5.74. The molecule has 2 N–H and O–H groups in total. The van der Waals surface area contributed by atoms with Gasteiger partial charge in [0.1, 0.15) is 0 Å². The fourth-order valence-corrected chi connectivity index (χ4v) is 3.49. The largest absolute Gasteiger partial charge is 0.368 e. The predicted octanol–water partition coefficient (Wildman–Crippen LogP) is 2.41.